The van der Waals surface area contributed by atoms with Gasteiger partial charge in [0, 0.05) is 29.3 Å². The summed E-state index contributed by atoms with van der Waals surface area (Å²) in [5.74, 6) is -0.268. The molecule has 0 aromatic heterocycles. The fraction of sp³-hybridized carbons (Fsp3) is 0.522. The van der Waals surface area contributed by atoms with Crippen LogP contribution in [0.15, 0.2) is 34.5 Å². The average Bonchev–Trinajstić information content (AvgIpc) is 2.65. The van der Waals surface area contributed by atoms with Crippen LogP contribution in [0.25, 0.3) is 0 Å². The van der Waals surface area contributed by atoms with Gasteiger partial charge in [-0.1, -0.05) is 19.9 Å². The molecule has 0 saturated heterocycles. The Morgan fingerprint density at radius 3 is 2.48 bits per heavy atom. The predicted molar refractivity (Wildman–Crippen MR) is 111 cm³/mol. The number of allylic oxidation sites excluding steroid dienone is 2. The minimum atomic E-state index is -0.642. The number of ketones is 1. The Morgan fingerprint density at radius 1 is 1.17 bits per heavy atom. The van der Waals surface area contributed by atoms with E-state index in [0.717, 1.165) is 11.3 Å². The summed E-state index contributed by atoms with van der Waals surface area (Å²) in [6.07, 6.45) is 1.13. The monoisotopic (exact) mass is 399 g/mol. The quantitative estimate of drug-likeness (QED) is 0.698. The number of benzene rings is 1. The highest BCUT2D eigenvalue weighted by Gasteiger charge is 2.46. The SMILES string of the molecule is CCOC(=O)C1C(C)=NC2=C(C(=O)CC(C)(C)C2)[C@@H]1c1ccc(OC)c(OC)c1. The summed E-state index contributed by atoms with van der Waals surface area (Å²) >= 11 is 0. The lowest BCUT2D eigenvalue weighted by Gasteiger charge is -2.39. The normalized spacial score (nSPS) is 23.2. The van der Waals surface area contributed by atoms with Gasteiger partial charge in [-0.25, -0.2) is 0 Å². The van der Waals surface area contributed by atoms with Crippen molar-refractivity contribution in [1.82, 2.24) is 0 Å². The molecule has 3 rings (SSSR count). The number of Topliss-reactive ketones (excluding diaryl/α,β-unsaturated/α-hetero) is 1. The molecule has 0 fully saturated rings. The fourth-order valence-electron chi connectivity index (χ4n) is 4.39. The fourth-order valence-corrected chi connectivity index (χ4v) is 4.39. The first-order chi connectivity index (χ1) is 13.7. The van der Waals surface area contributed by atoms with Gasteiger partial charge in [-0.15, -0.1) is 0 Å². The lowest BCUT2D eigenvalue weighted by atomic mass is 9.67. The van der Waals surface area contributed by atoms with E-state index < -0.39 is 11.8 Å². The number of hydrogen-bond donors (Lipinski definition) is 0. The van der Waals surface area contributed by atoms with Crippen molar-refractivity contribution in [3.63, 3.8) is 0 Å². The van der Waals surface area contributed by atoms with Crippen LogP contribution in [0, 0.1) is 11.3 Å². The highest BCUT2D eigenvalue weighted by molar-refractivity contribution is 6.09. The molecule has 0 saturated carbocycles. The predicted octanol–water partition coefficient (Wildman–Crippen LogP) is 4.08. The number of methoxy groups -OCH3 is 2. The number of carbonyl (C=O) groups excluding carboxylic acids is 2. The van der Waals surface area contributed by atoms with Crippen LogP contribution in [0.4, 0.5) is 0 Å². The summed E-state index contributed by atoms with van der Waals surface area (Å²) in [5, 5.41) is 0. The van der Waals surface area contributed by atoms with E-state index in [-0.39, 0.29) is 23.8 Å². The largest absolute Gasteiger partial charge is 0.493 e. The molecular formula is C23H29NO5. The molecule has 2 atom stereocenters. The summed E-state index contributed by atoms with van der Waals surface area (Å²) in [6, 6.07) is 5.52. The number of esters is 1. The van der Waals surface area contributed by atoms with Gasteiger partial charge in [-0.3, -0.25) is 14.6 Å². The van der Waals surface area contributed by atoms with Crippen LogP contribution in [-0.2, 0) is 14.3 Å². The van der Waals surface area contributed by atoms with Crippen LogP contribution in [0.3, 0.4) is 0 Å². The van der Waals surface area contributed by atoms with Gasteiger partial charge in [-0.2, -0.15) is 0 Å². The minimum Gasteiger partial charge on any atom is -0.493 e. The molecule has 1 aromatic carbocycles. The first kappa shape index (κ1) is 21.1. The Labute approximate surface area is 171 Å². The number of nitrogens with zero attached hydrogens (tertiary/aromatic N) is 1. The van der Waals surface area contributed by atoms with Crippen LogP contribution in [-0.4, -0.2) is 38.3 Å². The maximum atomic E-state index is 13.2. The van der Waals surface area contributed by atoms with Crippen molar-refractivity contribution in [2.45, 2.75) is 46.5 Å². The Morgan fingerprint density at radius 2 is 1.86 bits per heavy atom. The molecule has 6 heteroatoms. The van der Waals surface area contributed by atoms with Crippen molar-refractivity contribution >= 4 is 17.5 Å². The molecule has 1 aromatic rings. The number of hydrogen-bond acceptors (Lipinski definition) is 6. The molecule has 1 aliphatic heterocycles. The van der Waals surface area contributed by atoms with Gasteiger partial charge >= 0.3 is 5.97 Å². The van der Waals surface area contributed by atoms with Crippen LogP contribution >= 0.6 is 0 Å². The van der Waals surface area contributed by atoms with E-state index in [1.807, 2.05) is 19.1 Å². The van der Waals surface area contributed by atoms with Gasteiger partial charge in [0.2, 0.25) is 0 Å². The Kier molecular flexibility index (Phi) is 5.82. The van der Waals surface area contributed by atoms with Gasteiger partial charge in [0.05, 0.1) is 20.8 Å². The molecule has 29 heavy (non-hydrogen) atoms. The molecule has 1 unspecified atom stereocenters. The minimum absolute atomic E-state index is 0.0431. The molecule has 2 aliphatic rings. The van der Waals surface area contributed by atoms with E-state index >= 15 is 0 Å². The van der Waals surface area contributed by atoms with E-state index in [9.17, 15) is 9.59 Å². The zero-order valence-corrected chi connectivity index (χ0v) is 18.0. The number of aliphatic imine (C=N–C) groups is 1. The van der Waals surface area contributed by atoms with Gasteiger partial charge in [0.25, 0.3) is 0 Å². The van der Waals surface area contributed by atoms with Gasteiger partial charge in [0.15, 0.2) is 17.3 Å². The Balaban J connectivity index is 2.19. The summed E-state index contributed by atoms with van der Waals surface area (Å²) in [7, 11) is 3.14. The highest BCUT2D eigenvalue weighted by atomic mass is 16.5. The third kappa shape index (κ3) is 3.93. The summed E-state index contributed by atoms with van der Waals surface area (Å²) in [5.41, 5.74) is 2.74. The lowest BCUT2D eigenvalue weighted by Crippen LogP contribution is -2.39. The van der Waals surface area contributed by atoms with Crippen molar-refractivity contribution in [1.29, 1.82) is 0 Å². The third-order valence-electron chi connectivity index (χ3n) is 5.61. The molecule has 0 spiro atoms. The molecule has 0 radical (unpaired) electrons. The second-order valence-electron chi connectivity index (χ2n) is 8.38. The van der Waals surface area contributed by atoms with Crippen molar-refractivity contribution in [3.8, 4) is 11.5 Å². The summed E-state index contributed by atoms with van der Waals surface area (Å²) in [4.78, 5) is 30.8. The van der Waals surface area contributed by atoms with Gasteiger partial charge in [-0.05, 0) is 43.4 Å². The number of rotatable bonds is 5. The van der Waals surface area contributed by atoms with E-state index in [4.69, 9.17) is 19.2 Å². The van der Waals surface area contributed by atoms with E-state index in [2.05, 4.69) is 13.8 Å². The molecule has 156 valence electrons. The van der Waals surface area contributed by atoms with Gasteiger partial charge in [0.1, 0.15) is 5.92 Å². The molecular weight excluding hydrogens is 370 g/mol. The average molecular weight is 399 g/mol. The second-order valence-corrected chi connectivity index (χ2v) is 8.38. The molecule has 0 amide bonds. The highest BCUT2D eigenvalue weighted by Crippen LogP contribution is 2.48. The smallest absolute Gasteiger partial charge is 0.315 e. The van der Waals surface area contributed by atoms with Crippen LogP contribution in [0.2, 0.25) is 0 Å². The second kappa shape index (κ2) is 8.01. The number of ether oxygens (including phenoxy) is 3. The van der Waals surface area contributed by atoms with Crippen molar-refractivity contribution in [2.24, 2.45) is 16.3 Å². The van der Waals surface area contributed by atoms with Crippen LogP contribution in [0.1, 0.15) is 52.0 Å². The molecule has 0 bridgehead atoms. The Bertz CT molecular complexity index is 897. The summed E-state index contributed by atoms with van der Waals surface area (Å²) < 4.78 is 16.2. The molecule has 1 aliphatic carbocycles. The first-order valence-corrected chi connectivity index (χ1v) is 9.92. The zero-order valence-electron chi connectivity index (χ0n) is 18.0. The van der Waals surface area contributed by atoms with E-state index in [1.165, 1.54) is 0 Å². The third-order valence-corrected chi connectivity index (χ3v) is 5.61. The van der Waals surface area contributed by atoms with Crippen molar-refractivity contribution < 1.29 is 23.8 Å². The summed E-state index contributed by atoms with van der Waals surface area (Å²) in [6.45, 7) is 8.03. The topological polar surface area (TPSA) is 74.2 Å². The Hall–Kier alpha value is -2.63. The molecule has 6 nitrogen and oxygen atoms in total. The zero-order chi connectivity index (χ0) is 21.3. The number of carbonyl (C=O) groups is 2. The van der Waals surface area contributed by atoms with Crippen LogP contribution in [0.5, 0.6) is 11.5 Å². The molecule has 1 heterocycles. The molecule has 0 N–H and O–H groups in total. The lowest BCUT2D eigenvalue weighted by molar-refractivity contribution is -0.146. The maximum absolute atomic E-state index is 13.2. The standard InChI is InChI=1S/C23H29NO5/c1-7-29-22(26)19-13(2)24-15-11-23(3,4)12-16(25)21(15)20(19)14-8-9-17(27-5)18(10-14)28-6/h8-10,19-20H,7,11-12H2,1-6H3/t19?,20-/m1/s1. The first-order valence-electron chi connectivity index (χ1n) is 9.92. The van der Waals surface area contributed by atoms with Crippen LogP contribution < -0.4 is 9.47 Å². The van der Waals surface area contributed by atoms with E-state index in [1.54, 1.807) is 27.2 Å². The van der Waals surface area contributed by atoms with Crippen molar-refractivity contribution in [3.05, 3.63) is 35.0 Å². The van der Waals surface area contributed by atoms with Crippen molar-refractivity contribution in [2.75, 3.05) is 20.8 Å². The maximum Gasteiger partial charge on any atom is 0.315 e. The van der Waals surface area contributed by atoms with Gasteiger partial charge < -0.3 is 14.2 Å². The van der Waals surface area contributed by atoms with E-state index in [0.29, 0.717) is 35.6 Å².